The van der Waals surface area contributed by atoms with Crippen molar-refractivity contribution in [2.24, 2.45) is 5.92 Å². The largest absolute Gasteiger partial charge is 0.417 e. The summed E-state index contributed by atoms with van der Waals surface area (Å²) in [5, 5.41) is 11.6. The van der Waals surface area contributed by atoms with Crippen molar-refractivity contribution >= 4 is 11.8 Å². The lowest BCUT2D eigenvalue weighted by Crippen LogP contribution is -2.43. The normalized spacial score (nSPS) is 19.3. The molecular weight excluding hydrogens is 373 g/mol. The summed E-state index contributed by atoms with van der Waals surface area (Å²) >= 11 is 0. The molecule has 1 saturated carbocycles. The second kappa shape index (κ2) is 8.02. The van der Waals surface area contributed by atoms with Gasteiger partial charge in [0.05, 0.1) is 11.5 Å². The maximum Gasteiger partial charge on any atom is 0.417 e. The fourth-order valence-electron chi connectivity index (χ4n) is 3.56. The van der Waals surface area contributed by atoms with Crippen LogP contribution < -0.4 is 10.8 Å². The summed E-state index contributed by atoms with van der Waals surface area (Å²) in [6, 6.07) is 10.7. The van der Waals surface area contributed by atoms with Crippen LogP contribution in [0.25, 0.3) is 11.1 Å². The molecule has 0 bridgehead atoms. The summed E-state index contributed by atoms with van der Waals surface area (Å²) < 4.78 is 39.6. The lowest BCUT2D eigenvalue weighted by atomic mass is 9.98. The van der Waals surface area contributed by atoms with Crippen molar-refractivity contribution in [3.8, 4) is 11.1 Å². The second-order valence-electron chi connectivity index (χ2n) is 6.71. The molecule has 0 heterocycles. The zero-order valence-corrected chi connectivity index (χ0v) is 14.8. The minimum Gasteiger partial charge on any atom is -0.349 e. The van der Waals surface area contributed by atoms with E-state index in [1.165, 1.54) is 42.5 Å². The topological polar surface area (TPSA) is 78.4 Å². The monoisotopic (exact) mass is 392 g/mol. The van der Waals surface area contributed by atoms with Crippen LogP contribution in [0.15, 0.2) is 48.5 Å². The molecule has 0 saturated heterocycles. The van der Waals surface area contributed by atoms with E-state index in [9.17, 15) is 22.8 Å². The Morgan fingerprint density at radius 3 is 2.32 bits per heavy atom. The lowest BCUT2D eigenvalue weighted by molar-refractivity contribution is -0.137. The third-order valence-corrected chi connectivity index (χ3v) is 4.97. The Hall–Kier alpha value is -2.87. The second-order valence-corrected chi connectivity index (χ2v) is 6.71. The summed E-state index contributed by atoms with van der Waals surface area (Å²) in [7, 11) is 0. The number of hydrogen-bond acceptors (Lipinski definition) is 3. The zero-order chi connectivity index (χ0) is 20.3. The van der Waals surface area contributed by atoms with Crippen LogP contribution in [-0.2, 0) is 11.0 Å². The highest BCUT2D eigenvalue weighted by Gasteiger charge is 2.34. The minimum absolute atomic E-state index is 0.0393. The summed E-state index contributed by atoms with van der Waals surface area (Å²) in [6.07, 6.45) is -2.56. The van der Waals surface area contributed by atoms with Crippen molar-refractivity contribution in [2.75, 3.05) is 0 Å². The summed E-state index contributed by atoms with van der Waals surface area (Å²) in [6.45, 7) is 0. The molecule has 0 aromatic heterocycles. The van der Waals surface area contributed by atoms with Crippen LogP contribution >= 0.6 is 0 Å². The molecule has 148 valence electrons. The van der Waals surface area contributed by atoms with Crippen LogP contribution in [0, 0.1) is 5.92 Å². The van der Waals surface area contributed by atoms with Gasteiger partial charge in [0.15, 0.2) is 0 Å². The number of carbonyl (C=O) groups excluding carboxylic acids is 2. The molecule has 5 nitrogen and oxygen atoms in total. The van der Waals surface area contributed by atoms with Gasteiger partial charge in [-0.3, -0.25) is 14.8 Å². The fourth-order valence-corrected chi connectivity index (χ4v) is 3.56. The molecule has 0 spiro atoms. The van der Waals surface area contributed by atoms with Gasteiger partial charge in [-0.2, -0.15) is 13.2 Å². The quantitative estimate of drug-likeness (QED) is 0.547. The van der Waals surface area contributed by atoms with E-state index in [-0.39, 0.29) is 11.1 Å². The highest BCUT2D eigenvalue weighted by Crippen LogP contribution is 2.37. The SMILES string of the molecule is O=C(N[C@@H]1CCC[C@@H]1C(=O)NO)c1ccc(-c2ccccc2C(F)(F)F)cc1. The van der Waals surface area contributed by atoms with Gasteiger partial charge < -0.3 is 5.32 Å². The van der Waals surface area contributed by atoms with Crippen molar-refractivity contribution in [2.45, 2.75) is 31.5 Å². The average molecular weight is 392 g/mol. The third kappa shape index (κ3) is 4.17. The number of hydroxylamine groups is 1. The molecule has 1 aliphatic carbocycles. The van der Waals surface area contributed by atoms with Crippen molar-refractivity contribution in [1.82, 2.24) is 10.8 Å². The van der Waals surface area contributed by atoms with Gasteiger partial charge in [-0.15, -0.1) is 0 Å². The minimum atomic E-state index is -4.47. The number of halogens is 3. The molecule has 2 aromatic rings. The Bertz CT molecular complexity index is 866. The first kappa shape index (κ1) is 19.9. The van der Waals surface area contributed by atoms with E-state index in [0.29, 0.717) is 18.4 Å². The Morgan fingerprint density at radius 2 is 1.68 bits per heavy atom. The Morgan fingerprint density at radius 1 is 1.00 bits per heavy atom. The highest BCUT2D eigenvalue weighted by atomic mass is 19.4. The third-order valence-electron chi connectivity index (χ3n) is 4.97. The molecule has 8 heteroatoms. The van der Waals surface area contributed by atoms with E-state index < -0.39 is 35.5 Å². The standard InChI is InChI=1S/C20H19F3N2O3/c21-20(22,23)16-6-2-1-4-14(16)12-8-10-13(11-9-12)18(26)24-17-7-3-5-15(17)19(27)25-28/h1-2,4,6,8-11,15,17,28H,3,5,7H2,(H,24,26)(H,25,27)/t15-,17+/m0/s1. The van der Waals surface area contributed by atoms with Gasteiger partial charge in [0.25, 0.3) is 5.91 Å². The van der Waals surface area contributed by atoms with E-state index in [1.54, 1.807) is 5.48 Å². The predicted octanol–water partition coefficient (Wildman–Crippen LogP) is 3.78. The van der Waals surface area contributed by atoms with Gasteiger partial charge in [0.2, 0.25) is 5.91 Å². The summed E-state index contributed by atoms with van der Waals surface area (Å²) in [4.78, 5) is 24.1. The maximum absolute atomic E-state index is 13.2. The zero-order valence-electron chi connectivity index (χ0n) is 14.8. The van der Waals surface area contributed by atoms with Gasteiger partial charge in [-0.1, -0.05) is 36.8 Å². The van der Waals surface area contributed by atoms with Gasteiger partial charge in [-0.05, 0) is 42.2 Å². The van der Waals surface area contributed by atoms with Crippen molar-refractivity contribution < 1.29 is 28.0 Å². The van der Waals surface area contributed by atoms with Gasteiger partial charge in [0.1, 0.15) is 0 Å². The molecule has 0 unspecified atom stereocenters. The van der Waals surface area contributed by atoms with Crippen LogP contribution in [-0.4, -0.2) is 23.1 Å². The number of benzene rings is 2. The highest BCUT2D eigenvalue weighted by molar-refractivity contribution is 5.95. The van der Waals surface area contributed by atoms with E-state index in [1.807, 2.05) is 0 Å². The van der Waals surface area contributed by atoms with E-state index in [2.05, 4.69) is 5.32 Å². The van der Waals surface area contributed by atoms with Crippen LogP contribution in [0.2, 0.25) is 0 Å². The molecular formula is C20H19F3N2O3. The predicted molar refractivity (Wildman–Crippen MR) is 95.4 cm³/mol. The first-order valence-electron chi connectivity index (χ1n) is 8.82. The van der Waals surface area contributed by atoms with Gasteiger partial charge in [0, 0.05) is 11.6 Å². The van der Waals surface area contributed by atoms with Crippen LogP contribution in [0.3, 0.4) is 0 Å². The molecule has 2 aromatic carbocycles. The lowest BCUT2D eigenvalue weighted by Gasteiger charge is -2.19. The van der Waals surface area contributed by atoms with Gasteiger partial charge in [-0.25, -0.2) is 5.48 Å². The molecule has 0 radical (unpaired) electrons. The van der Waals surface area contributed by atoms with Crippen LogP contribution in [0.5, 0.6) is 0 Å². The first-order chi connectivity index (χ1) is 13.3. The Balaban J connectivity index is 1.77. The number of hydrogen-bond donors (Lipinski definition) is 3. The summed E-state index contributed by atoms with van der Waals surface area (Å²) in [5.41, 5.74) is 1.54. The molecule has 0 aliphatic heterocycles. The van der Waals surface area contributed by atoms with Crippen LogP contribution in [0.1, 0.15) is 35.2 Å². The van der Waals surface area contributed by atoms with Crippen LogP contribution in [0.4, 0.5) is 13.2 Å². The average Bonchev–Trinajstić information content (AvgIpc) is 3.15. The number of alkyl halides is 3. The number of rotatable bonds is 4. The first-order valence-corrected chi connectivity index (χ1v) is 8.82. The van der Waals surface area contributed by atoms with E-state index in [4.69, 9.17) is 5.21 Å². The molecule has 1 fully saturated rings. The maximum atomic E-state index is 13.2. The fraction of sp³-hybridized carbons (Fsp3) is 0.300. The van der Waals surface area contributed by atoms with E-state index >= 15 is 0 Å². The molecule has 2 amide bonds. The number of carbonyl (C=O) groups is 2. The molecule has 3 N–H and O–H groups in total. The van der Waals surface area contributed by atoms with Gasteiger partial charge >= 0.3 is 6.18 Å². The number of amides is 2. The molecule has 3 rings (SSSR count). The molecule has 28 heavy (non-hydrogen) atoms. The van der Waals surface area contributed by atoms with Crippen molar-refractivity contribution in [1.29, 1.82) is 0 Å². The van der Waals surface area contributed by atoms with E-state index in [0.717, 1.165) is 12.5 Å². The molecule has 1 aliphatic rings. The summed E-state index contributed by atoms with van der Waals surface area (Å²) in [5.74, 6) is -1.47. The smallest absolute Gasteiger partial charge is 0.349 e. The van der Waals surface area contributed by atoms with Crippen molar-refractivity contribution in [3.05, 3.63) is 59.7 Å². The molecule has 2 atom stereocenters. The Kier molecular flexibility index (Phi) is 5.69. The number of nitrogens with one attached hydrogen (secondary N) is 2. The Labute approximate surface area is 159 Å². The van der Waals surface area contributed by atoms with Crippen molar-refractivity contribution in [3.63, 3.8) is 0 Å².